The summed E-state index contributed by atoms with van der Waals surface area (Å²) in [5.74, 6) is -2.97. The molecule has 0 heterocycles. The van der Waals surface area contributed by atoms with Gasteiger partial charge in [0.2, 0.25) is 0 Å². The van der Waals surface area contributed by atoms with E-state index in [1.165, 1.54) is 5.56 Å². The lowest BCUT2D eigenvalue weighted by Crippen LogP contribution is -2.02. The van der Waals surface area contributed by atoms with E-state index in [2.05, 4.69) is 6.92 Å². The van der Waals surface area contributed by atoms with Crippen molar-refractivity contribution < 1.29 is 8.78 Å². The zero-order chi connectivity index (χ0) is 11.8. The van der Waals surface area contributed by atoms with Gasteiger partial charge < -0.3 is 0 Å². The minimum atomic E-state index is -2.41. The normalized spacial score (nSPS) is 28.8. The van der Waals surface area contributed by atoms with E-state index in [0.29, 0.717) is 6.42 Å². The molecule has 1 saturated carbocycles. The molecule has 3 unspecified atom stereocenters. The number of hydrogen-bond donors (Lipinski definition) is 0. The van der Waals surface area contributed by atoms with Crippen LogP contribution in [-0.2, 0) is 0 Å². The summed E-state index contributed by atoms with van der Waals surface area (Å²) >= 11 is 0. The van der Waals surface area contributed by atoms with Crippen molar-refractivity contribution >= 4 is 0 Å². The third-order valence-electron chi connectivity index (χ3n) is 3.90. The Kier molecular flexibility index (Phi) is 3.00. The van der Waals surface area contributed by atoms with E-state index < -0.39 is 17.8 Å². The Morgan fingerprint density at radius 1 is 1.25 bits per heavy atom. The standard InChI is InChI=1S/C14H18F2/c1-3-11(12-7-5-4-6-8-12)9-13-10(2)14(13,15)16/h4-8,10-11,13H,3,9H2,1-2H3. The van der Waals surface area contributed by atoms with Gasteiger partial charge in [0, 0.05) is 11.8 Å². The van der Waals surface area contributed by atoms with Crippen LogP contribution < -0.4 is 0 Å². The largest absolute Gasteiger partial charge is 0.254 e. The van der Waals surface area contributed by atoms with E-state index in [4.69, 9.17) is 0 Å². The summed E-state index contributed by atoms with van der Waals surface area (Å²) in [5, 5.41) is 0. The lowest BCUT2D eigenvalue weighted by Gasteiger charge is -2.14. The highest BCUT2D eigenvalue weighted by Gasteiger charge is 2.64. The molecule has 2 heteroatoms. The Bertz CT molecular complexity index is 345. The Morgan fingerprint density at radius 3 is 2.25 bits per heavy atom. The molecule has 0 nitrogen and oxygen atoms in total. The average Bonchev–Trinajstić information content (AvgIpc) is 2.76. The van der Waals surface area contributed by atoms with E-state index in [1.807, 2.05) is 30.3 Å². The first kappa shape index (κ1) is 11.6. The highest BCUT2D eigenvalue weighted by Crippen LogP contribution is 2.58. The third kappa shape index (κ3) is 1.98. The van der Waals surface area contributed by atoms with Gasteiger partial charge in [0.15, 0.2) is 0 Å². The number of halogens is 2. The second kappa shape index (κ2) is 4.15. The molecule has 1 aromatic rings. The van der Waals surface area contributed by atoms with Crippen LogP contribution in [0.1, 0.15) is 38.2 Å². The molecule has 0 bridgehead atoms. The molecule has 2 rings (SSSR count). The van der Waals surface area contributed by atoms with Gasteiger partial charge in [-0.3, -0.25) is 0 Å². The summed E-state index contributed by atoms with van der Waals surface area (Å²) in [5.41, 5.74) is 1.19. The highest BCUT2D eigenvalue weighted by molar-refractivity contribution is 5.20. The third-order valence-corrected chi connectivity index (χ3v) is 3.90. The Balaban J connectivity index is 2.03. The van der Waals surface area contributed by atoms with Gasteiger partial charge in [-0.25, -0.2) is 8.78 Å². The van der Waals surface area contributed by atoms with Gasteiger partial charge in [-0.1, -0.05) is 44.2 Å². The van der Waals surface area contributed by atoms with Crippen LogP contribution in [0.2, 0.25) is 0 Å². The molecule has 1 fully saturated rings. The maximum atomic E-state index is 13.2. The van der Waals surface area contributed by atoms with Crippen molar-refractivity contribution in [3.05, 3.63) is 35.9 Å². The molecule has 16 heavy (non-hydrogen) atoms. The molecule has 1 aromatic carbocycles. The van der Waals surface area contributed by atoms with Crippen LogP contribution in [-0.4, -0.2) is 5.92 Å². The first-order chi connectivity index (χ1) is 7.57. The zero-order valence-corrected chi connectivity index (χ0v) is 9.79. The number of alkyl halides is 2. The van der Waals surface area contributed by atoms with Crippen LogP contribution in [0.15, 0.2) is 30.3 Å². The van der Waals surface area contributed by atoms with Crippen LogP contribution in [0.3, 0.4) is 0 Å². The summed E-state index contributed by atoms with van der Waals surface area (Å²) in [4.78, 5) is 0. The fraction of sp³-hybridized carbons (Fsp3) is 0.571. The van der Waals surface area contributed by atoms with Crippen molar-refractivity contribution in [3.8, 4) is 0 Å². The van der Waals surface area contributed by atoms with Crippen LogP contribution in [0.4, 0.5) is 8.78 Å². The topological polar surface area (TPSA) is 0 Å². The lowest BCUT2D eigenvalue weighted by molar-refractivity contribution is 0.0837. The molecule has 0 amide bonds. The zero-order valence-electron chi connectivity index (χ0n) is 9.79. The predicted molar refractivity (Wildman–Crippen MR) is 61.7 cm³/mol. The maximum Gasteiger partial charge on any atom is 0.254 e. The molecule has 0 N–H and O–H groups in total. The molecule has 1 aliphatic carbocycles. The Morgan fingerprint density at radius 2 is 1.81 bits per heavy atom. The van der Waals surface area contributed by atoms with Gasteiger partial charge in [-0.2, -0.15) is 0 Å². The smallest absolute Gasteiger partial charge is 0.206 e. The number of hydrogen-bond acceptors (Lipinski definition) is 0. The molecular weight excluding hydrogens is 206 g/mol. The van der Waals surface area contributed by atoms with Crippen molar-refractivity contribution in [1.82, 2.24) is 0 Å². The predicted octanol–water partition coefficient (Wildman–Crippen LogP) is 4.47. The van der Waals surface area contributed by atoms with Crippen molar-refractivity contribution in [1.29, 1.82) is 0 Å². The molecular formula is C14H18F2. The van der Waals surface area contributed by atoms with Crippen LogP contribution in [0.25, 0.3) is 0 Å². The van der Waals surface area contributed by atoms with E-state index in [0.717, 1.165) is 6.42 Å². The van der Waals surface area contributed by atoms with Crippen molar-refractivity contribution in [2.24, 2.45) is 11.8 Å². The van der Waals surface area contributed by atoms with Crippen LogP contribution in [0.5, 0.6) is 0 Å². The molecule has 0 aromatic heterocycles. The summed E-state index contributed by atoms with van der Waals surface area (Å²) in [6, 6.07) is 10.0. The number of rotatable bonds is 4. The van der Waals surface area contributed by atoms with Crippen LogP contribution >= 0.6 is 0 Å². The first-order valence-corrected chi connectivity index (χ1v) is 6.00. The van der Waals surface area contributed by atoms with Crippen molar-refractivity contribution in [2.45, 2.75) is 38.5 Å². The fourth-order valence-electron chi connectivity index (χ4n) is 2.49. The Hall–Kier alpha value is -0.920. The molecule has 0 aliphatic heterocycles. The SMILES string of the molecule is CCC(CC1C(C)C1(F)F)c1ccccc1. The molecule has 0 spiro atoms. The summed E-state index contributed by atoms with van der Waals surface area (Å²) in [7, 11) is 0. The van der Waals surface area contributed by atoms with Crippen molar-refractivity contribution in [2.75, 3.05) is 0 Å². The minimum Gasteiger partial charge on any atom is -0.206 e. The minimum absolute atomic E-state index is 0.280. The van der Waals surface area contributed by atoms with E-state index in [1.54, 1.807) is 6.92 Å². The quantitative estimate of drug-likeness (QED) is 0.707. The van der Waals surface area contributed by atoms with E-state index >= 15 is 0 Å². The van der Waals surface area contributed by atoms with E-state index in [9.17, 15) is 8.78 Å². The summed E-state index contributed by atoms with van der Waals surface area (Å²) in [6.45, 7) is 3.73. The molecule has 1 aliphatic rings. The second-order valence-corrected chi connectivity index (χ2v) is 4.82. The first-order valence-electron chi connectivity index (χ1n) is 6.00. The second-order valence-electron chi connectivity index (χ2n) is 4.82. The number of benzene rings is 1. The Labute approximate surface area is 95.7 Å². The fourth-order valence-corrected chi connectivity index (χ4v) is 2.49. The van der Waals surface area contributed by atoms with Gasteiger partial charge in [-0.15, -0.1) is 0 Å². The lowest BCUT2D eigenvalue weighted by atomic mass is 9.91. The van der Waals surface area contributed by atoms with E-state index in [-0.39, 0.29) is 5.92 Å². The average molecular weight is 224 g/mol. The van der Waals surface area contributed by atoms with Gasteiger partial charge in [0.1, 0.15) is 0 Å². The maximum absolute atomic E-state index is 13.2. The van der Waals surface area contributed by atoms with Gasteiger partial charge in [-0.05, 0) is 24.3 Å². The molecule has 0 radical (unpaired) electrons. The van der Waals surface area contributed by atoms with Crippen LogP contribution in [0, 0.1) is 11.8 Å². The molecule has 88 valence electrons. The highest BCUT2D eigenvalue weighted by atomic mass is 19.3. The van der Waals surface area contributed by atoms with Gasteiger partial charge in [0.05, 0.1) is 0 Å². The molecule has 0 saturated heterocycles. The monoisotopic (exact) mass is 224 g/mol. The summed E-state index contributed by atoms with van der Waals surface area (Å²) in [6.07, 6.45) is 1.55. The molecule has 3 atom stereocenters. The van der Waals surface area contributed by atoms with Gasteiger partial charge >= 0.3 is 0 Å². The van der Waals surface area contributed by atoms with Gasteiger partial charge in [0.25, 0.3) is 5.92 Å². The van der Waals surface area contributed by atoms with Crippen molar-refractivity contribution in [3.63, 3.8) is 0 Å². The summed E-state index contributed by atoms with van der Waals surface area (Å²) < 4.78 is 26.4.